The van der Waals surface area contributed by atoms with Gasteiger partial charge in [0.1, 0.15) is 0 Å². The molecule has 0 radical (unpaired) electrons. The largest absolute Gasteiger partial charge is 0.269 e. The van der Waals surface area contributed by atoms with Crippen LogP contribution in [-0.2, 0) is 0 Å². The SMILES string of the molecule is CCCC(NN(C)C)c1cccc([N+](=O)[O-])c1. The zero-order valence-corrected chi connectivity index (χ0v) is 10.5. The summed E-state index contributed by atoms with van der Waals surface area (Å²) >= 11 is 0. The van der Waals surface area contributed by atoms with Crippen LogP contribution in [0.5, 0.6) is 0 Å². The predicted octanol–water partition coefficient (Wildman–Crippen LogP) is 2.50. The fourth-order valence-corrected chi connectivity index (χ4v) is 1.76. The second-order valence-electron chi connectivity index (χ2n) is 4.22. The Balaban J connectivity index is 2.92. The highest BCUT2D eigenvalue weighted by molar-refractivity contribution is 5.35. The topological polar surface area (TPSA) is 58.4 Å². The van der Waals surface area contributed by atoms with Crippen LogP contribution in [0.2, 0.25) is 0 Å². The summed E-state index contributed by atoms with van der Waals surface area (Å²) in [6.45, 7) is 2.10. The second-order valence-corrected chi connectivity index (χ2v) is 4.22. The van der Waals surface area contributed by atoms with Crippen LogP contribution in [0.15, 0.2) is 24.3 Å². The highest BCUT2D eigenvalue weighted by atomic mass is 16.6. The lowest BCUT2D eigenvalue weighted by Gasteiger charge is -2.22. The number of nitro benzene ring substituents is 1. The van der Waals surface area contributed by atoms with Crippen LogP contribution in [0.3, 0.4) is 0 Å². The molecule has 1 atom stereocenters. The van der Waals surface area contributed by atoms with E-state index in [9.17, 15) is 10.1 Å². The molecule has 5 nitrogen and oxygen atoms in total. The van der Waals surface area contributed by atoms with E-state index in [0.717, 1.165) is 18.4 Å². The summed E-state index contributed by atoms with van der Waals surface area (Å²) in [4.78, 5) is 10.4. The van der Waals surface area contributed by atoms with Gasteiger partial charge in [-0.15, -0.1) is 0 Å². The smallest absolute Gasteiger partial charge is 0.258 e. The van der Waals surface area contributed by atoms with Gasteiger partial charge in [-0.05, 0) is 12.0 Å². The van der Waals surface area contributed by atoms with Gasteiger partial charge in [0.05, 0.1) is 4.92 Å². The molecular formula is C12H19N3O2. The Bertz CT molecular complexity index is 380. The van der Waals surface area contributed by atoms with Gasteiger partial charge >= 0.3 is 0 Å². The normalized spacial score (nSPS) is 12.7. The van der Waals surface area contributed by atoms with E-state index in [0.29, 0.717) is 0 Å². The van der Waals surface area contributed by atoms with Gasteiger partial charge in [-0.2, -0.15) is 0 Å². The average molecular weight is 237 g/mol. The molecule has 0 aromatic heterocycles. The van der Waals surface area contributed by atoms with Crippen LogP contribution in [0.1, 0.15) is 31.4 Å². The maximum Gasteiger partial charge on any atom is 0.269 e. The molecule has 0 amide bonds. The van der Waals surface area contributed by atoms with E-state index in [1.165, 1.54) is 6.07 Å². The molecule has 1 rings (SSSR count). The Morgan fingerprint density at radius 3 is 2.71 bits per heavy atom. The van der Waals surface area contributed by atoms with Crippen LogP contribution in [-0.4, -0.2) is 24.0 Å². The number of rotatable bonds is 6. The summed E-state index contributed by atoms with van der Waals surface area (Å²) in [5, 5.41) is 12.6. The maximum atomic E-state index is 10.7. The van der Waals surface area contributed by atoms with Gasteiger partial charge in [-0.1, -0.05) is 25.5 Å². The number of hydrogen-bond donors (Lipinski definition) is 1. The lowest BCUT2D eigenvalue weighted by atomic mass is 10.0. The molecule has 0 aliphatic rings. The summed E-state index contributed by atoms with van der Waals surface area (Å²) in [6, 6.07) is 6.92. The van der Waals surface area contributed by atoms with E-state index >= 15 is 0 Å². The lowest BCUT2D eigenvalue weighted by molar-refractivity contribution is -0.384. The number of hydrazine groups is 1. The average Bonchev–Trinajstić information content (AvgIpc) is 2.28. The van der Waals surface area contributed by atoms with Crippen molar-refractivity contribution in [3.8, 4) is 0 Å². The van der Waals surface area contributed by atoms with Crippen LogP contribution in [0.25, 0.3) is 0 Å². The molecule has 0 heterocycles. The standard InChI is InChI=1S/C12H19N3O2/c1-4-6-12(13-14(2)3)10-7-5-8-11(9-10)15(16)17/h5,7-9,12-13H,4,6H2,1-3H3. The van der Waals surface area contributed by atoms with Crippen molar-refractivity contribution in [2.45, 2.75) is 25.8 Å². The van der Waals surface area contributed by atoms with Crippen molar-refractivity contribution >= 4 is 5.69 Å². The minimum atomic E-state index is -0.359. The lowest BCUT2D eigenvalue weighted by Crippen LogP contribution is -2.34. The Kier molecular flexibility index (Phi) is 5.06. The molecule has 0 saturated carbocycles. The Labute approximate surface area is 102 Å². The summed E-state index contributed by atoms with van der Waals surface area (Å²) in [7, 11) is 3.83. The highest BCUT2D eigenvalue weighted by Gasteiger charge is 2.14. The molecule has 0 spiro atoms. The maximum absolute atomic E-state index is 10.7. The Morgan fingerprint density at radius 1 is 1.47 bits per heavy atom. The van der Waals surface area contributed by atoms with Gasteiger partial charge in [-0.25, -0.2) is 5.43 Å². The van der Waals surface area contributed by atoms with Gasteiger partial charge in [0.15, 0.2) is 0 Å². The summed E-state index contributed by atoms with van der Waals surface area (Å²) in [5.74, 6) is 0. The number of nitro groups is 1. The molecule has 0 aliphatic heterocycles. The quantitative estimate of drug-likeness (QED) is 0.610. The second kappa shape index (κ2) is 6.32. The Morgan fingerprint density at radius 2 is 2.18 bits per heavy atom. The van der Waals surface area contributed by atoms with E-state index < -0.39 is 0 Å². The zero-order chi connectivity index (χ0) is 12.8. The third-order valence-electron chi connectivity index (χ3n) is 2.47. The Hall–Kier alpha value is -1.46. The molecule has 0 aliphatic carbocycles. The molecule has 1 N–H and O–H groups in total. The first-order valence-electron chi connectivity index (χ1n) is 5.72. The molecule has 0 fully saturated rings. The van der Waals surface area contributed by atoms with Crippen molar-refractivity contribution in [1.29, 1.82) is 0 Å². The number of benzene rings is 1. The minimum Gasteiger partial charge on any atom is -0.258 e. The molecule has 1 aromatic carbocycles. The number of nitrogens with one attached hydrogen (secondary N) is 1. The zero-order valence-electron chi connectivity index (χ0n) is 10.5. The van der Waals surface area contributed by atoms with E-state index in [2.05, 4.69) is 12.3 Å². The predicted molar refractivity (Wildman–Crippen MR) is 67.6 cm³/mol. The minimum absolute atomic E-state index is 0.120. The van der Waals surface area contributed by atoms with Crippen molar-refractivity contribution in [2.24, 2.45) is 0 Å². The van der Waals surface area contributed by atoms with Gasteiger partial charge in [0.2, 0.25) is 0 Å². The van der Waals surface area contributed by atoms with E-state index in [4.69, 9.17) is 0 Å². The van der Waals surface area contributed by atoms with E-state index in [-0.39, 0.29) is 16.7 Å². The first-order chi connectivity index (χ1) is 8.04. The monoisotopic (exact) mass is 237 g/mol. The molecule has 1 unspecified atom stereocenters. The van der Waals surface area contributed by atoms with Gasteiger partial charge in [-0.3, -0.25) is 15.1 Å². The first kappa shape index (κ1) is 13.6. The van der Waals surface area contributed by atoms with Crippen LogP contribution in [0.4, 0.5) is 5.69 Å². The van der Waals surface area contributed by atoms with Crippen molar-refractivity contribution in [3.05, 3.63) is 39.9 Å². The number of hydrogen-bond acceptors (Lipinski definition) is 4. The number of non-ortho nitro benzene ring substituents is 1. The van der Waals surface area contributed by atoms with E-state index in [1.54, 1.807) is 12.1 Å². The third kappa shape index (κ3) is 4.13. The van der Waals surface area contributed by atoms with Crippen molar-refractivity contribution < 1.29 is 4.92 Å². The third-order valence-corrected chi connectivity index (χ3v) is 2.47. The number of nitrogens with zero attached hydrogens (tertiary/aromatic N) is 2. The first-order valence-corrected chi connectivity index (χ1v) is 5.72. The van der Waals surface area contributed by atoms with Crippen LogP contribution in [0, 0.1) is 10.1 Å². The summed E-state index contributed by atoms with van der Waals surface area (Å²) < 4.78 is 0. The molecule has 0 saturated heterocycles. The van der Waals surface area contributed by atoms with E-state index in [1.807, 2.05) is 25.2 Å². The highest BCUT2D eigenvalue weighted by Crippen LogP contribution is 2.22. The molecule has 94 valence electrons. The molecule has 5 heteroatoms. The molecular weight excluding hydrogens is 218 g/mol. The van der Waals surface area contributed by atoms with Crippen molar-refractivity contribution in [1.82, 2.24) is 10.4 Å². The molecule has 17 heavy (non-hydrogen) atoms. The summed E-state index contributed by atoms with van der Waals surface area (Å²) in [6.07, 6.45) is 1.97. The van der Waals surface area contributed by atoms with Crippen molar-refractivity contribution in [2.75, 3.05) is 14.1 Å². The molecule has 0 bridgehead atoms. The van der Waals surface area contributed by atoms with Gasteiger partial charge < -0.3 is 0 Å². The fourth-order valence-electron chi connectivity index (χ4n) is 1.76. The fraction of sp³-hybridized carbons (Fsp3) is 0.500. The van der Waals surface area contributed by atoms with Crippen LogP contribution < -0.4 is 5.43 Å². The van der Waals surface area contributed by atoms with Crippen LogP contribution >= 0.6 is 0 Å². The van der Waals surface area contributed by atoms with Gasteiger partial charge in [0.25, 0.3) is 5.69 Å². The van der Waals surface area contributed by atoms with Crippen molar-refractivity contribution in [3.63, 3.8) is 0 Å². The summed E-state index contributed by atoms with van der Waals surface area (Å²) in [5.41, 5.74) is 4.37. The molecule has 1 aromatic rings. The van der Waals surface area contributed by atoms with Gasteiger partial charge in [0, 0.05) is 32.3 Å².